The lowest BCUT2D eigenvalue weighted by atomic mass is 9.95. The second-order valence-corrected chi connectivity index (χ2v) is 14.5. The van der Waals surface area contributed by atoms with Gasteiger partial charge in [0.1, 0.15) is 17.3 Å². The zero-order valence-corrected chi connectivity index (χ0v) is 29.3. The molecule has 0 unspecified atom stereocenters. The molecular weight excluding hydrogens is 663 g/mol. The maximum atomic E-state index is 14.3. The summed E-state index contributed by atoms with van der Waals surface area (Å²) in [6.07, 6.45) is 1.95. The van der Waals surface area contributed by atoms with E-state index in [0.717, 1.165) is 79.0 Å². The zero-order chi connectivity index (χ0) is 34.1. The Bertz CT molecular complexity index is 2310. The topological polar surface area (TPSA) is 90.3 Å². The van der Waals surface area contributed by atoms with E-state index in [1.165, 1.54) is 12.1 Å². The van der Waals surface area contributed by atoms with E-state index < -0.39 is 5.97 Å². The first-order chi connectivity index (χ1) is 23.6. The van der Waals surface area contributed by atoms with Crippen molar-refractivity contribution < 1.29 is 19.0 Å². The highest BCUT2D eigenvalue weighted by Crippen LogP contribution is 2.46. The highest BCUT2D eigenvalue weighted by Gasteiger charge is 2.35. The Morgan fingerprint density at radius 2 is 1.88 bits per heavy atom. The van der Waals surface area contributed by atoms with Crippen LogP contribution < -0.4 is 4.74 Å². The van der Waals surface area contributed by atoms with Crippen molar-refractivity contribution in [2.24, 2.45) is 14.1 Å². The molecule has 2 aliphatic rings. The second-order valence-electron chi connectivity index (χ2n) is 13.1. The van der Waals surface area contributed by atoms with Gasteiger partial charge in [0.2, 0.25) is 0 Å². The van der Waals surface area contributed by atoms with E-state index >= 15 is 0 Å². The van der Waals surface area contributed by atoms with Gasteiger partial charge < -0.3 is 14.4 Å². The number of hydrogen-bond acceptors (Lipinski definition) is 6. The van der Waals surface area contributed by atoms with Gasteiger partial charge in [0.05, 0.1) is 40.3 Å². The van der Waals surface area contributed by atoms with Crippen molar-refractivity contribution in [2.75, 3.05) is 13.7 Å². The van der Waals surface area contributed by atoms with E-state index in [2.05, 4.69) is 22.7 Å². The van der Waals surface area contributed by atoms with Crippen LogP contribution in [0, 0.1) is 12.7 Å². The minimum atomic E-state index is -0.992. The molecule has 9 nitrogen and oxygen atoms in total. The normalized spacial score (nSPS) is 17.0. The minimum Gasteiger partial charge on any atom is -0.493 e. The van der Waals surface area contributed by atoms with Crippen molar-refractivity contribution in [1.29, 1.82) is 0 Å². The smallest absolute Gasteiger partial charge is 0.352 e. The van der Waals surface area contributed by atoms with Crippen LogP contribution >= 0.6 is 23.4 Å². The molecule has 3 aromatic heterocycles. The molecule has 5 heterocycles. The molecule has 1 atom stereocenters. The maximum Gasteiger partial charge on any atom is 0.352 e. The van der Waals surface area contributed by atoms with Gasteiger partial charge in [-0.25, -0.2) is 9.18 Å². The molecule has 8 rings (SSSR count). The summed E-state index contributed by atoms with van der Waals surface area (Å²) in [6, 6.07) is 14.8. The van der Waals surface area contributed by atoms with Crippen molar-refractivity contribution in [3.63, 3.8) is 0 Å². The van der Waals surface area contributed by atoms with Gasteiger partial charge in [-0.1, -0.05) is 17.7 Å². The third kappa shape index (κ3) is 5.39. The van der Waals surface area contributed by atoms with Crippen molar-refractivity contribution >= 4 is 51.0 Å². The van der Waals surface area contributed by atoms with Crippen LogP contribution in [0.2, 0.25) is 5.02 Å². The number of aromatic nitrogens is 5. The first kappa shape index (κ1) is 31.9. The number of ether oxygens (including phenoxy) is 1. The molecule has 0 saturated heterocycles. The predicted octanol–water partition coefficient (Wildman–Crippen LogP) is 7.92. The van der Waals surface area contributed by atoms with Crippen molar-refractivity contribution in [1.82, 2.24) is 29.0 Å². The maximum absolute atomic E-state index is 14.3. The Morgan fingerprint density at radius 3 is 2.69 bits per heavy atom. The summed E-state index contributed by atoms with van der Waals surface area (Å²) < 4.78 is 26.5. The van der Waals surface area contributed by atoms with E-state index in [1.54, 1.807) is 29.4 Å². The van der Waals surface area contributed by atoms with Crippen LogP contribution in [0.15, 0.2) is 53.4 Å². The molecule has 3 aromatic carbocycles. The molecule has 0 amide bonds. The van der Waals surface area contributed by atoms with Crippen LogP contribution in [0.5, 0.6) is 5.75 Å². The summed E-state index contributed by atoms with van der Waals surface area (Å²) in [5, 5.41) is 23.3. The molecule has 8 bridgehead atoms. The molecule has 0 spiro atoms. The van der Waals surface area contributed by atoms with Crippen LogP contribution in [-0.2, 0) is 39.4 Å². The Labute approximate surface area is 292 Å². The fraction of sp³-hybridized carbons (Fsp3) is 0.324. The number of benzene rings is 3. The average molecular weight is 699 g/mol. The lowest BCUT2D eigenvalue weighted by molar-refractivity contribution is 0.0685. The number of aromatic carboxylic acids is 1. The predicted molar refractivity (Wildman–Crippen MR) is 190 cm³/mol. The third-order valence-electron chi connectivity index (χ3n) is 9.99. The molecule has 0 saturated carbocycles. The van der Waals surface area contributed by atoms with Gasteiger partial charge in [-0.3, -0.25) is 14.3 Å². The summed E-state index contributed by atoms with van der Waals surface area (Å²) in [5.74, 6) is 0.0587. The number of hydrogen-bond donors (Lipinski definition) is 1. The molecule has 6 aromatic rings. The lowest BCUT2D eigenvalue weighted by Gasteiger charge is -2.24. The van der Waals surface area contributed by atoms with Crippen LogP contribution in [0.3, 0.4) is 0 Å². The first-order valence-corrected chi connectivity index (χ1v) is 17.8. The second kappa shape index (κ2) is 12.2. The number of carboxylic acids is 1. The van der Waals surface area contributed by atoms with Gasteiger partial charge in [0, 0.05) is 65.4 Å². The highest BCUT2D eigenvalue weighted by molar-refractivity contribution is 7.98. The van der Waals surface area contributed by atoms with Gasteiger partial charge >= 0.3 is 5.97 Å². The summed E-state index contributed by atoms with van der Waals surface area (Å²) in [7, 11) is 5.89. The molecule has 0 aliphatic carbocycles. The van der Waals surface area contributed by atoms with Crippen molar-refractivity contribution in [3.8, 4) is 16.9 Å². The summed E-state index contributed by atoms with van der Waals surface area (Å²) in [6.45, 7) is 3.77. The number of carboxylic acid groups (broad SMARTS) is 1. The fourth-order valence-corrected chi connectivity index (χ4v) is 9.04. The van der Waals surface area contributed by atoms with Crippen molar-refractivity contribution in [2.45, 2.75) is 56.0 Å². The minimum absolute atomic E-state index is 0.0590. The fourth-order valence-electron chi connectivity index (χ4n) is 7.81. The van der Waals surface area contributed by atoms with E-state index in [-0.39, 0.29) is 17.6 Å². The molecular formula is C37H36ClFN6O3S. The summed E-state index contributed by atoms with van der Waals surface area (Å²) in [5.41, 5.74) is 7.53. The van der Waals surface area contributed by atoms with Gasteiger partial charge in [-0.15, -0.1) is 11.8 Å². The van der Waals surface area contributed by atoms with Crippen LogP contribution in [0.1, 0.15) is 57.7 Å². The number of aryl methyl sites for hydroxylation is 5. The molecule has 49 heavy (non-hydrogen) atoms. The molecule has 1 N–H and O–H groups in total. The Kier molecular flexibility index (Phi) is 7.96. The van der Waals surface area contributed by atoms with E-state index in [9.17, 15) is 14.3 Å². The first-order valence-electron chi connectivity index (χ1n) is 16.4. The SMILES string of the molecule is Cc1nn2c3c1-c1c(Cl)ccc4c(c(C(=O)O)n(C)c14)CCCOc1cc(cc4cc(F)ccc14)SCc1cc(nn1C)CN(C)[C@@H]3CC2. The largest absolute Gasteiger partial charge is 0.493 e. The van der Waals surface area contributed by atoms with Gasteiger partial charge in [0.15, 0.2) is 0 Å². The van der Waals surface area contributed by atoms with E-state index in [1.807, 2.05) is 42.9 Å². The standard InChI is InChI=1S/C37H36ClFN6O3S/c1-20-32-33-29(38)10-9-28-27(35(37(46)47)43(3)34(28)33)6-5-13-48-31-17-25(15-21-14-22(39)7-8-26(21)31)49-19-24-16-23(41-44(24)4)18-42(2)30-11-12-45(40-20)36(30)32/h7-10,14-17,30H,5-6,11-13,18-19H2,1-4H3,(H,46,47)/t30-/m1/s1. The third-order valence-corrected chi connectivity index (χ3v) is 11.3. The van der Waals surface area contributed by atoms with Gasteiger partial charge in [-0.2, -0.15) is 10.2 Å². The number of fused-ring (bicyclic) bond motifs is 7. The Hall–Kier alpha value is -4.32. The van der Waals surface area contributed by atoms with E-state index in [4.69, 9.17) is 26.5 Å². The zero-order valence-electron chi connectivity index (χ0n) is 27.8. The molecule has 0 radical (unpaired) electrons. The Morgan fingerprint density at radius 1 is 1.06 bits per heavy atom. The summed E-state index contributed by atoms with van der Waals surface area (Å²) >= 11 is 8.72. The lowest BCUT2D eigenvalue weighted by Crippen LogP contribution is -2.23. The Balaban J connectivity index is 1.29. The number of rotatable bonds is 1. The van der Waals surface area contributed by atoms with Crippen LogP contribution in [0.25, 0.3) is 32.8 Å². The monoisotopic (exact) mass is 698 g/mol. The average Bonchev–Trinajstić information content (AvgIpc) is 3.78. The van der Waals surface area contributed by atoms with Crippen molar-refractivity contribution in [3.05, 3.63) is 93.4 Å². The molecule has 2 aliphatic heterocycles. The summed E-state index contributed by atoms with van der Waals surface area (Å²) in [4.78, 5) is 16.1. The van der Waals surface area contributed by atoms with E-state index in [0.29, 0.717) is 42.5 Å². The molecule has 12 heteroatoms. The van der Waals surface area contributed by atoms with Gasteiger partial charge in [0.25, 0.3) is 0 Å². The van der Waals surface area contributed by atoms with Crippen LogP contribution in [-0.4, -0.2) is 53.8 Å². The molecule has 0 fully saturated rings. The quantitative estimate of drug-likeness (QED) is 0.187. The number of carbonyl (C=O) groups is 1. The highest BCUT2D eigenvalue weighted by atomic mass is 35.5. The molecule has 252 valence electrons. The number of nitrogens with zero attached hydrogens (tertiary/aromatic N) is 6. The van der Waals surface area contributed by atoms with Gasteiger partial charge in [-0.05, 0) is 86.6 Å². The number of halogens is 2. The van der Waals surface area contributed by atoms with Crippen LogP contribution in [0.4, 0.5) is 4.39 Å². The number of thioether (sulfide) groups is 1.